The third-order valence-corrected chi connectivity index (χ3v) is 5.43. The number of hydrogen-bond donors (Lipinski definition) is 1. The lowest BCUT2D eigenvalue weighted by Gasteiger charge is -2.12. The van der Waals surface area contributed by atoms with Gasteiger partial charge in [0.05, 0.1) is 0 Å². The molecule has 0 saturated heterocycles. The van der Waals surface area contributed by atoms with Crippen LogP contribution in [-0.2, 0) is 30.6 Å². The van der Waals surface area contributed by atoms with Crippen molar-refractivity contribution in [2.45, 2.75) is 45.1 Å². The van der Waals surface area contributed by atoms with Crippen molar-refractivity contribution in [2.24, 2.45) is 0 Å². The van der Waals surface area contributed by atoms with Gasteiger partial charge < -0.3 is 14.6 Å². The molecule has 156 valence electrons. The summed E-state index contributed by atoms with van der Waals surface area (Å²) < 4.78 is 8.04. The highest BCUT2D eigenvalue weighted by molar-refractivity contribution is 5.77. The van der Waals surface area contributed by atoms with Crippen molar-refractivity contribution in [3.8, 4) is 5.75 Å². The first-order valence-corrected chi connectivity index (χ1v) is 10.7. The summed E-state index contributed by atoms with van der Waals surface area (Å²) in [5.41, 5.74) is 2.29. The van der Waals surface area contributed by atoms with Crippen molar-refractivity contribution in [2.75, 3.05) is 13.2 Å². The van der Waals surface area contributed by atoms with Crippen LogP contribution in [-0.4, -0.2) is 33.8 Å². The van der Waals surface area contributed by atoms with E-state index in [1.807, 2.05) is 42.5 Å². The SMILES string of the molecule is O=C(COc1ccccc1Cc1ccccc1)NCCc1nnc2n1CCCCC2. The number of rotatable bonds is 8. The van der Waals surface area contributed by atoms with Gasteiger partial charge in [-0.15, -0.1) is 10.2 Å². The molecule has 30 heavy (non-hydrogen) atoms. The minimum atomic E-state index is -0.125. The van der Waals surface area contributed by atoms with Gasteiger partial charge in [-0.1, -0.05) is 55.0 Å². The van der Waals surface area contributed by atoms with Crippen LogP contribution < -0.4 is 10.1 Å². The van der Waals surface area contributed by atoms with E-state index in [1.54, 1.807) is 0 Å². The summed E-state index contributed by atoms with van der Waals surface area (Å²) in [5.74, 6) is 2.66. The van der Waals surface area contributed by atoms with Gasteiger partial charge in [0.25, 0.3) is 5.91 Å². The number of aromatic nitrogens is 3. The Balaban J connectivity index is 1.26. The minimum Gasteiger partial charge on any atom is -0.483 e. The van der Waals surface area contributed by atoms with Gasteiger partial charge in [0.1, 0.15) is 17.4 Å². The molecule has 3 aromatic rings. The van der Waals surface area contributed by atoms with E-state index in [4.69, 9.17) is 4.74 Å². The maximum absolute atomic E-state index is 12.3. The number of fused-ring (bicyclic) bond motifs is 1. The van der Waals surface area contributed by atoms with Crippen LogP contribution in [0.4, 0.5) is 0 Å². The van der Waals surface area contributed by atoms with E-state index in [-0.39, 0.29) is 12.5 Å². The summed E-state index contributed by atoms with van der Waals surface area (Å²) in [4.78, 5) is 12.3. The monoisotopic (exact) mass is 404 g/mol. The number of carbonyl (C=O) groups excluding carboxylic acids is 1. The molecular formula is C24H28N4O2. The average Bonchev–Trinajstić information content (AvgIpc) is 3.00. The zero-order valence-electron chi connectivity index (χ0n) is 17.2. The number of amides is 1. The van der Waals surface area contributed by atoms with Crippen LogP contribution in [0.25, 0.3) is 0 Å². The third kappa shape index (κ3) is 5.26. The van der Waals surface area contributed by atoms with E-state index in [2.05, 4.69) is 32.2 Å². The molecule has 0 radical (unpaired) electrons. The first kappa shape index (κ1) is 20.1. The molecule has 1 amide bonds. The zero-order chi connectivity index (χ0) is 20.6. The molecule has 4 rings (SSSR count). The molecule has 2 aromatic carbocycles. The number of aryl methyl sites for hydroxylation is 1. The fourth-order valence-electron chi connectivity index (χ4n) is 3.84. The highest BCUT2D eigenvalue weighted by Crippen LogP contribution is 2.21. The van der Waals surface area contributed by atoms with Gasteiger partial charge >= 0.3 is 0 Å². The molecule has 6 nitrogen and oxygen atoms in total. The molecule has 0 atom stereocenters. The molecule has 6 heteroatoms. The standard InChI is InChI=1S/C24H28N4O2/c29-24(25-15-14-23-27-26-22-13-5-2-8-16-28(22)23)18-30-21-12-7-6-11-20(21)17-19-9-3-1-4-10-19/h1,3-4,6-7,9-12H,2,5,8,13-18H2,(H,25,29). The zero-order valence-corrected chi connectivity index (χ0v) is 17.2. The van der Waals surface area contributed by atoms with Gasteiger partial charge in [-0.3, -0.25) is 4.79 Å². The largest absolute Gasteiger partial charge is 0.483 e. The highest BCUT2D eigenvalue weighted by Gasteiger charge is 2.14. The Bertz CT molecular complexity index is 968. The number of ether oxygens (including phenoxy) is 1. The predicted octanol–water partition coefficient (Wildman–Crippen LogP) is 3.33. The van der Waals surface area contributed by atoms with Crippen LogP contribution >= 0.6 is 0 Å². The van der Waals surface area contributed by atoms with Crippen LogP contribution in [0, 0.1) is 0 Å². The van der Waals surface area contributed by atoms with Gasteiger partial charge in [-0.2, -0.15) is 0 Å². The van der Waals surface area contributed by atoms with Gasteiger partial charge in [-0.25, -0.2) is 0 Å². The minimum absolute atomic E-state index is 0.00371. The van der Waals surface area contributed by atoms with E-state index in [1.165, 1.54) is 24.8 Å². The first-order valence-electron chi connectivity index (χ1n) is 10.7. The van der Waals surface area contributed by atoms with Crippen LogP contribution in [0.15, 0.2) is 54.6 Å². The Morgan fingerprint density at radius 1 is 1.00 bits per heavy atom. The van der Waals surface area contributed by atoms with Gasteiger partial charge in [-0.05, 0) is 30.0 Å². The van der Waals surface area contributed by atoms with E-state index < -0.39 is 0 Å². The maximum atomic E-state index is 12.3. The Kier molecular flexibility index (Phi) is 6.75. The molecule has 0 bridgehead atoms. The smallest absolute Gasteiger partial charge is 0.257 e. The Labute approximate surface area is 177 Å². The van der Waals surface area contributed by atoms with Gasteiger partial charge in [0, 0.05) is 32.4 Å². The fourth-order valence-corrected chi connectivity index (χ4v) is 3.84. The predicted molar refractivity (Wildman–Crippen MR) is 115 cm³/mol. The number of para-hydroxylation sites is 1. The topological polar surface area (TPSA) is 69.0 Å². The second-order valence-electron chi connectivity index (χ2n) is 7.65. The second kappa shape index (κ2) is 10.1. The Hall–Kier alpha value is -3.15. The molecule has 0 saturated carbocycles. The summed E-state index contributed by atoms with van der Waals surface area (Å²) >= 11 is 0. The highest BCUT2D eigenvalue weighted by atomic mass is 16.5. The molecule has 1 N–H and O–H groups in total. The Morgan fingerprint density at radius 3 is 2.73 bits per heavy atom. The molecule has 1 aromatic heterocycles. The van der Waals surface area contributed by atoms with Gasteiger partial charge in [0.2, 0.25) is 0 Å². The summed E-state index contributed by atoms with van der Waals surface area (Å²) in [6.07, 6.45) is 6.04. The molecule has 0 spiro atoms. The normalized spacial score (nSPS) is 13.3. The number of nitrogens with zero attached hydrogens (tertiary/aromatic N) is 3. The van der Waals surface area contributed by atoms with Crippen molar-refractivity contribution >= 4 is 5.91 Å². The lowest BCUT2D eigenvalue weighted by atomic mass is 10.0. The van der Waals surface area contributed by atoms with Crippen molar-refractivity contribution in [3.05, 3.63) is 77.4 Å². The number of benzene rings is 2. The van der Waals surface area contributed by atoms with E-state index >= 15 is 0 Å². The molecule has 2 heterocycles. The van der Waals surface area contributed by atoms with Crippen LogP contribution in [0.1, 0.15) is 42.0 Å². The maximum Gasteiger partial charge on any atom is 0.257 e. The number of hydrogen-bond acceptors (Lipinski definition) is 4. The van der Waals surface area contributed by atoms with Crippen molar-refractivity contribution in [1.29, 1.82) is 0 Å². The van der Waals surface area contributed by atoms with Crippen molar-refractivity contribution < 1.29 is 9.53 Å². The first-order chi connectivity index (χ1) is 14.8. The van der Waals surface area contributed by atoms with Crippen LogP contribution in [0.3, 0.4) is 0 Å². The van der Waals surface area contributed by atoms with Gasteiger partial charge in [0.15, 0.2) is 6.61 Å². The van der Waals surface area contributed by atoms with Crippen molar-refractivity contribution in [1.82, 2.24) is 20.1 Å². The summed E-state index contributed by atoms with van der Waals surface area (Å²) in [6, 6.07) is 18.1. The van der Waals surface area contributed by atoms with Crippen LogP contribution in [0.5, 0.6) is 5.75 Å². The van der Waals surface area contributed by atoms with Crippen molar-refractivity contribution in [3.63, 3.8) is 0 Å². The average molecular weight is 405 g/mol. The van der Waals surface area contributed by atoms with E-state index in [0.29, 0.717) is 13.0 Å². The fraction of sp³-hybridized carbons (Fsp3) is 0.375. The van der Waals surface area contributed by atoms with Crippen LogP contribution in [0.2, 0.25) is 0 Å². The molecule has 0 aliphatic carbocycles. The van der Waals surface area contributed by atoms with E-state index in [9.17, 15) is 4.79 Å². The summed E-state index contributed by atoms with van der Waals surface area (Å²) in [7, 11) is 0. The van der Waals surface area contributed by atoms with E-state index in [0.717, 1.165) is 42.3 Å². The lowest BCUT2D eigenvalue weighted by molar-refractivity contribution is -0.123. The molecule has 0 unspecified atom stereocenters. The second-order valence-corrected chi connectivity index (χ2v) is 7.65. The summed E-state index contributed by atoms with van der Waals surface area (Å²) in [5, 5.41) is 11.6. The molecule has 0 fully saturated rings. The molecule has 1 aliphatic rings. The number of nitrogens with one attached hydrogen (secondary N) is 1. The summed E-state index contributed by atoms with van der Waals surface area (Å²) in [6.45, 7) is 1.52. The number of carbonyl (C=O) groups is 1. The lowest BCUT2D eigenvalue weighted by Crippen LogP contribution is -2.31. The molecular weight excluding hydrogens is 376 g/mol. The quantitative estimate of drug-likeness (QED) is 0.625. The third-order valence-electron chi connectivity index (χ3n) is 5.43. The molecule has 1 aliphatic heterocycles. The Morgan fingerprint density at radius 2 is 1.83 bits per heavy atom.